The average molecular weight is 277 g/mol. The first kappa shape index (κ1) is 14.8. The van der Waals surface area contributed by atoms with E-state index in [9.17, 15) is 4.79 Å². The molecule has 20 heavy (non-hydrogen) atoms. The molecule has 110 valence electrons. The van der Waals surface area contributed by atoms with Crippen molar-refractivity contribution in [2.75, 3.05) is 13.1 Å². The molecule has 0 bridgehead atoms. The Morgan fingerprint density at radius 2 is 2.35 bits per heavy atom. The Morgan fingerprint density at radius 3 is 3.00 bits per heavy atom. The second-order valence-corrected chi connectivity index (χ2v) is 6.15. The predicted octanol–water partition coefficient (Wildman–Crippen LogP) is 2.18. The number of nitrogens with zero attached hydrogens (tertiary/aromatic N) is 2. The van der Waals surface area contributed by atoms with Crippen LogP contribution < -0.4 is 5.32 Å². The molecule has 2 rings (SSSR count). The average Bonchev–Trinajstić information content (AvgIpc) is 2.84. The summed E-state index contributed by atoms with van der Waals surface area (Å²) < 4.78 is 5.38. The number of amides is 1. The van der Waals surface area contributed by atoms with Crippen molar-refractivity contribution in [2.45, 2.75) is 45.4 Å². The lowest BCUT2D eigenvalue weighted by Crippen LogP contribution is -2.38. The molecule has 5 nitrogen and oxygen atoms in total. The number of ether oxygens (including phenoxy) is 1. The molecule has 0 unspecified atom stereocenters. The van der Waals surface area contributed by atoms with E-state index in [-0.39, 0.29) is 6.09 Å². The molecule has 2 heterocycles. The van der Waals surface area contributed by atoms with Gasteiger partial charge in [-0.25, -0.2) is 4.79 Å². The van der Waals surface area contributed by atoms with Crippen LogP contribution in [0.2, 0.25) is 0 Å². The molecular weight excluding hydrogens is 254 g/mol. The van der Waals surface area contributed by atoms with Crippen molar-refractivity contribution in [1.29, 1.82) is 0 Å². The van der Waals surface area contributed by atoms with Gasteiger partial charge in [0.05, 0.1) is 0 Å². The molecule has 0 radical (unpaired) electrons. The van der Waals surface area contributed by atoms with Crippen LogP contribution in [0.5, 0.6) is 0 Å². The number of pyridine rings is 1. The van der Waals surface area contributed by atoms with Crippen LogP contribution in [-0.2, 0) is 11.3 Å². The number of carbonyl (C=O) groups is 1. The number of carbonyl (C=O) groups excluding carboxylic acids is 1. The number of nitrogens with one attached hydrogen (secondary N) is 1. The van der Waals surface area contributed by atoms with E-state index >= 15 is 0 Å². The minimum atomic E-state index is -0.432. The van der Waals surface area contributed by atoms with Crippen molar-refractivity contribution in [1.82, 2.24) is 15.2 Å². The van der Waals surface area contributed by atoms with Crippen LogP contribution in [0.3, 0.4) is 0 Å². The SMILES string of the molecule is CC(C)(C)OC(=O)N1CC[C@@H](NCc2cccnc2)C1. The Hall–Kier alpha value is -1.62. The van der Waals surface area contributed by atoms with Gasteiger partial charge >= 0.3 is 6.09 Å². The fraction of sp³-hybridized carbons (Fsp3) is 0.600. The van der Waals surface area contributed by atoms with Crippen LogP contribution >= 0.6 is 0 Å². The minimum absolute atomic E-state index is 0.219. The third-order valence-electron chi connectivity index (χ3n) is 3.16. The van der Waals surface area contributed by atoms with Crippen molar-refractivity contribution in [3.63, 3.8) is 0 Å². The van der Waals surface area contributed by atoms with Crippen molar-refractivity contribution in [2.24, 2.45) is 0 Å². The summed E-state index contributed by atoms with van der Waals surface area (Å²) in [6.07, 6.45) is 4.36. The molecule has 5 heteroatoms. The molecule has 1 aliphatic rings. The van der Waals surface area contributed by atoms with Gasteiger partial charge in [-0.3, -0.25) is 4.98 Å². The molecule has 1 fully saturated rings. The Morgan fingerprint density at radius 1 is 1.55 bits per heavy atom. The Bertz CT molecular complexity index is 442. The largest absolute Gasteiger partial charge is 0.444 e. The van der Waals surface area contributed by atoms with Crippen molar-refractivity contribution >= 4 is 6.09 Å². The Balaban J connectivity index is 1.76. The van der Waals surface area contributed by atoms with Gasteiger partial charge in [-0.15, -0.1) is 0 Å². The van der Waals surface area contributed by atoms with Crippen LogP contribution in [0, 0.1) is 0 Å². The first-order chi connectivity index (χ1) is 9.44. The zero-order valence-electron chi connectivity index (χ0n) is 12.4. The van der Waals surface area contributed by atoms with Crippen LogP contribution in [0.15, 0.2) is 24.5 Å². The quantitative estimate of drug-likeness (QED) is 0.920. The highest BCUT2D eigenvalue weighted by Crippen LogP contribution is 2.15. The van der Waals surface area contributed by atoms with E-state index in [0.29, 0.717) is 12.6 Å². The van der Waals surface area contributed by atoms with Crippen molar-refractivity contribution in [3.05, 3.63) is 30.1 Å². The normalized spacial score (nSPS) is 19.1. The smallest absolute Gasteiger partial charge is 0.410 e. The minimum Gasteiger partial charge on any atom is -0.444 e. The van der Waals surface area contributed by atoms with Crippen molar-refractivity contribution in [3.8, 4) is 0 Å². The molecule has 1 aliphatic heterocycles. The van der Waals surface area contributed by atoms with E-state index in [2.05, 4.69) is 10.3 Å². The highest BCUT2D eigenvalue weighted by atomic mass is 16.6. The number of rotatable bonds is 3. The summed E-state index contributed by atoms with van der Waals surface area (Å²) in [6.45, 7) is 7.90. The lowest BCUT2D eigenvalue weighted by molar-refractivity contribution is 0.0291. The molecule has 1 aromatic rings. The van der Waals surface area contributed by atoms with Gasteiger partial charge in [0, 0.05) is 38.1 Å². The summed E-state index contributed by atoms with van der Waals surface area (Å²) >= 11 is 0. The highest BCUT2D eigenvalue weighted by molar-refractivity contribution is 5.68. The Kier molecular flexibility index (Phi) is 4.60. The van der Waals surface area contributed by atoms with E-state index in [1.165, 1.54) is 0 Å². The molecule has 1 N–H and O–H groups in total. The summed E-state index contributed by atoms with van der Waals surface area (Å²) in [6, 6.07) is 4.29. The summed E-state index contributed by atoms with van der Waals surface area (Å²) in [5.41, 5.74) is 0.724. The van der Waals surface area contributed by atoms with E-state index in [1.807, 2.05) is 39.1 Å². The van der Waals surface area contributed by atoms with E-state index in [1.54, 1.807) is 11.1 Å². The maximum atomic E-state index is 11.9. The summed E-state index contributed by atoms with van der Waals surface area (Å²) in [5.74, 6) is 0. The molecule has 0 aliphatic carbocycles. The first-order valence-corrected chi connectivity index (χ1v) is 7.04. The van der Waals surface area contributed by atoms with Gasteiger partial charge in [-0.1, -0.05) is 6.07 Å². The fourth-order valence-electron chi connectivity index (χ4n) is 2.18. The standard InChI is InChI=1S/C15H23N3O2/c1-15(2,3)20-14(19)18-8-6-13(11-18)17-10-12-5-4-7-16-9-12/h4-5,7,9,13,17H,6,8,10-11H2,1-3H3/t13-/m1/s1. The number of likely N-dealkylation sites (tertiary alicyclic amines) is 1. The molecule has 1 amide bonds. The van der Waals surface area contributed by atoms with Gasteiger partial charge in [-0.05, 0) is 38.8 Å². The molecule has 1 saturated heterocycles. The first-order valence-electron chi connectivity index (χ1n) is 7.04. The summed E-state index contributed by atoms with van der Waals surface area (Å²) in [7, 11) is 0. The lowest BCUT2D eigenvalue weighted by Gasteiger charge is -2.24. The molecule has 1 aromatic heterocycles. The predicted molar refractivity (Wildman–Crippen MR) is 77.3 cm³/mol. The zero-order chi connectivity index (χ0) is 14.6. The van der Waals surface area contributed by atoms with Crippen molar-refractivity contribution < 1.29 is 9.53 Å². The fourth-order valence-corrected chi connectivity index (χ4v) is 2.18. The number of hydrogen-bond acceptors (Lipinski definition) is 4. The van der Waals surface area contributed by atoms with Gasteiger partial charge in [0.15, 0.2) is 0 Å². The molecule has 1 atom stereocenters. The Labute approximate surface area is 120 Å². The third-order valence-corrected chi connectivity index (χ3v) is 3.16. The van der Waals surface area contributed by atoms with E-state index < -0.39 is 5.60 Å². The van der Waals surface area contributed by atoms with Gasteiger partial charge < -0.3 is 15.0 Å². The van der Waals surface area contributed by atoms with Gasteiger partial charge in [0.2, 0.25) is 0 Å². The van der Waals surface area contributed by atoms with Crippen LogP contribution in [0.1, 0.15) is 32.8 Å². The molecule has 0 aromatic carbocycles. The third kappa shape index (κ3) is 4.49. The zero-order valence-corrected chi connectivity index (χ0v) is 12.4. The van der Waals surface area contributed by atoms with E-state index in [4.69, 9.17) is 4.74 Å². The second kappa shape index (κ2) is 6.22. The summed E-state index contributed by atoms with van der Waals surface area (Å²) in [5, 5.41) is 3.46. The molecular formula is C15H23N3O2. The van der Waals surface area contributed by atoms with Crippen LogP contribution in [0.25, 0.3) is 0 Å². The molecule has 0 saturated carbocycles. The topological polar surface area (TPSA) is 54.5 Å². The van der Waals surface area contributed by atoms with Gasteiger partial charge in [-0.2, -0.15) is 0 Å². The van der Waals surface area contributed by atoms with Gasteiger partial charge in [0.1, 0.15) is 5.60 Å². The highest BCUT2D eigenvalue weighted by Gasteiger charge is 2.29. The second-order valence-electron chi connectivity index (χ2n) is 6.15. The number of aromatic nitrogens is 1. The number of hydrogen-bond donors (Lipinski definition) is 1. The van der Waals surface area contributed by atoms with E-state index in [0.717, 1.165) is 25.1 Å². The van der Waals surface area contributed by atoms with Crippen LogP contribution in [-0.4, -0.2) is 40.7 Å². The monoisotopic (exact) mass is 277 g/mol. The summed E-state index contributed by atoms with van der Waals surface area (Å²) in [4.78, 5) is 17.8. The van der Waals surface area contributed by atoms with Gasteiger partial charge in [0.25, 0.3) is 0 Å². The lowest BCUT2D eigenvalue weighted by atomic mass is 10.2. The maximum absolute atomic E-state index is 11.9. The van der Waals surface area contributed by atoms with Crippen LogP contribution in [0.4, 0.5) is 4.79 Å². The molecule has 0 spiro atoms. The maximum Gasteiger partial charge on any atom is 0.410 e.